The summed E-state index contributed by atoms with van der Waals surface area (Å²) in [5.74, 6) is -1.70. The van der Waals surface area contributed by atoms with E-state index in [4.69, 9.17) is 10.00 Å². The lowest BCUT2D eigenvalue weighted by molar-refractivity contribution is -0.144. The van der Waals surface area contributed by atoms with E-state index in [0.29, 0.717) is 0 Å². The molecule has 124 valence electrons. The topological polar surface area (TPSA) is 97.6 Å². The summed E-state index contributed by atoms with van der Waals surface area (Å²) in [5, 5.41) is 10.8. The van der Waals surface area contributed by atoms with Crippen LogP contribution < -0.4 is 14.8 Å². The van der Waals surface area contributed by atoms with Gasteiger partial charge in [-0.05, 0) is 25.1 Å². The number of ether oxygens (including phenoxy) is 3. The highest BCUT2D eigenvalue weighted by molar-refractivity contribution is 5.96. The average Bonchev–Trinajstić information content (AvgIpc) is 2.52. The lowest BCUT2D eigenvalue weighted by atomic mass is 10.2. The van der Waals surface area contributed by atoms with E-state index in [1.165, 1.54) is 26.2 Å². The second-order valence-electron chi connectivity index (χ2n) is 4.19. The van der Waals surface area contributed by atoms with E-state index in [-0.39, 0.29) is 17.1 Å². The molecule has 0 bridgehead atoms. The molecule has 1 rings (SSSR count). The number of esters is 1. The first-order valence-corrected chi connectivity index (χ1v) is 6.37. The Morgan fingerprint density at radius 3 is 2.61 bits per heavy atom. The number of hydrogen-bond acceptors (Lipinski definition) is 6. The van der Waals surface area contributed by atoms with Crippen molar-refractivity contribution in [2.45, 2.75) is 19.6 Å². The van der Waals surface area contributed by atoms with Gasteiger partial charge in [-0.2, -0.15) is 14.0 Å². The molecule has 9 heteroatoms. The van der Waals surface area contributed by atoms with Gasteiger partial charge in [0.15, 0.2) is 17.6 Å². The number of benzene rings is 1. The third kappa shape index (κ3) is 5.78. The molecule has 0 saturated carbocycles. The fourth-order valence-electron chi connectivity index (χ4n) is 1.52. The molecule has 0 unspecified atom stereocenters. The van der Waals surface area contributed by atoms with Gasteiger partial charge in [-0.1, -0.05) is 0 Å². The molecule has 0 heterocycles. The van der Waals surface area contributed by atoms with E-state index in [1.54, 1.807) is 6.07 Å². The highest BCUT2D eigenvalue weighted by Crippen LogP contribution is 2.29. The van der Waals surface area contributed by atoms with E-state index < -0.39 is 31.1 Å². The number of rotatable bonds is 7. The van der Waals surface area contributed by atoms with Crippen LogP contribution >= 0.6 is 0 Å². The number of nitriles is 1. The van der Waals surface area contributed by atoms with E-state index in [9.17, 15) is 18.4 Å². The molecule has 0 fully saturated rings. The second kappa shape index (κ2) is 8.53. The first-order valence-electron chi connectivity index (χ1n) is 6.37. The van der Waals surface area contributed by atoms with Gasteiger partial charge in [0.2, 0.25) is 0 Å². The first-order chi connectivity index (χ1) is 10.9. The first kappa shape index (κ1) is 18.2. The van der Waals surface area contributed by atoms with Gasteiger partial charge in [0.05, 0.1) is 7.11 Å². The zero-order valence-electron chi connectivity index (χ0n) is 12.3. The van der Waals surface area contributed by atoms with Crippen molar-refractivity contribution in [1.29, 1.82) is 5.26 Å². The molecular weight excluding hydrogens is 314 g/mol. The summed E-state index contributed by atoms with van der Waals surface area (Å²) < 4.78 is 38.2. The van der Waals surface area contributed by atoms with Crippen molar-refractivity contribution in [3.63, 3.8) is 0 Å². The van der Waals surface area contributed by atoms with Crippen molar-refractivity contribution in [3.05, 3.63) is 23.8 Å². The van der Waals surface area contributed by atoms with Crippen LogP contribution in [0.15, 0.2) is 18.2 Å². The van der Waals surface area contributed by atoms with Crippen LogP contribution in [0.3, 0.4) is 0 Å². The zero-order valence-corrected chi connectivity index (χ0v) is 12.3. The highest BCUT2D eigenvalue weighted by atomic mass is 19.3. The summed E-state index contributed by atoms with van der Waals surface area (Å²) in [7, 11) is 1.23. The van der Waals surface area contributed by atoms with E-state index in [2.05, 4.69) is 14.8 Å². The van der Waals surface area contributed by atoms with Crippen LogP contribution in [0.2, 0.25) is 0 Å². The van der Waals surface area contributed by atoms with Gasteiger partial charge >= 0.3 is 12.6 Å². The van der Waals surface area contributed by atoms with Crippen molar-refractivity contribution in [2.75, 3.05) is 13.7 Å². The molecule has 0 aromatic heterocycles. The lowest BCUT2D eigenvalue weighted by Gasteiger charge is -2.11. The molecule has 1 N–H and O–H groups in total. The molecule has 0 saturated heterocycles. The minimum atomic E-state index is -3.03. The average molecular weight is 328 g/mol. The second-order valence-corrected chi connectivity index (χ2v) is 4.19. The lowest BCUT2D eigenvalue weighted by Crippen LogP contribution is -2.31. The van der Waals surface area contributed by atoms with E-state index in [0.717, 1.165) is 6.07 Å². The Morgan fingerprint density at radius 1 is 1.35 bits per heavy atom. The van der Waals surface area contributed by atoms with Crippen molar-refractivity contribution < 1.29 is 32.6 Å². The van der Waals surface area contributed by atoms with Crippen molar-refractivity contribution in [1.82, 2.24) is 5.32 Å². The smallest absolute Gasteiger partial charge is 0.387 e. The number of nitrogens with one attached hydrogen (secondary N) is 1. The molecule has 1 aromatic carbocycles. The van der Waals surface area contributed by atoms with Crippen LogP contribution in [0.1, 0.15) is 17.3 Å². The molecular formula is C14H14F2N2O5. The zero-order chi connectivity index (χ0) is 17.4. The Kier molecular flexibility index (Phi) is 6.73. The minimum absolute atomic E-state index is 0.0568. The maximum Gasteiger partial charge on any atom is 0.387 e. The number of halogens is 2. The standard InChI is InChI=1S/C14H14F2N2O5/c1-8(6-17)22-12(19)7-18-13(20)9-3-4-10(23-14(15)16)11(5-9)21-2/h3-5,8,14H,7H2,1-2H3,(H,18,20)/t8-/m0/s1. The SMILES string of the molecule is COc1cc(C(=O)NCC(=O)O[C@@H](C)C#N)ccc1OC(F)F. The number of carbonyl (C=O) groups is 2. The molecule has 1 amide bonds. The van der Waals surface area contributed by atoms with Gasteiger partial charge in [0.1, 0.15) is 12.6 Å². The van der Waals surface area contributed by atoms with Gasteiger partial charge in [0.25, 0.3) is 5.91 Å². The van der Waals surface area contributed by atoms with Crippen LogP contribution in [0.5, 0.6) is 11.5 Å². The maximum absolute atomic E-state index is 12.2. The molecule has 0 radical (unpaired) electrons. The van der Waals surface area contributed by atoms with Crippen LogP contribution in [0, 0.1) is 11.3 Å². The number of hydrogen-bond donors (Lipinski definition) is 1. The molecule has 0 aliphatic heterocycles. The number of nitrogens with zero attached hydrogens (tertiary/aromatic N) is 1. The normalized spacial score (nSPS) is 11.3. The van der Waals surface area contributed by atoms with Crippen molar-refractivity contribution in [2.24, 2.45) is 0 Å². The summed E-state index contributed by atoms with van der Waals surface area (Å²) in [6, 6.07) is 5.28. The van der Waals surface area contributed by atoms with Gasteiger partial charge < -0.3 is 19.5 Å². The van der Waals surface area contributed by atoms with Crippen LogP contribution in [0.25, 0.3) is 0 Å². The van der Waals surface area contributed by atoms with Gasteiger partial charge in [-0.15, -0.1) is 0 Å². The molecule has 1 atom stereocenters. The Labute approximate surface area is 130 Å². The number of carbonyl (C=O) groups excluding carboxylic acids is 2. The highest BCUT2D eigenvalue weighted by Gasteiger charge is 2.15. The summed E-state index contributed by atoms with van der Waals surface area (Å²) in [5.41, 5.74) is 0.0737. The van der Waals surface area contributed by atoms with E-state index in [1.807, 2.05) is 0 Å². The third-order valence-electron chi connectivity index (χ3n) is 2.53. The predicted octanol–water partition coefficient (Wildman–Crippen LogP) is 1.48. The summed E-state index contributed by atoms with van der Waals surface area (Å²) in [6.45, 7) is -2.09. The van der Waals surface area contributed by atoms with Gasteiger partial charge in [-0.25, -0.2) is 0 Å². The summed E-state index contributed by atoms with van der Waals surface area (Å²) >= 11 is 0. The van der Waals surface area contributed by atoms with Gasteiger partial charge in [0, 0.05) is 5.56 Å². The quantitative estimate of drug-likeness (QED) is 0.762. The Hall–Kier alpha value is -2.89. The predicted molar refractivity (Wildman–Crippen MR) is 73.1 cm³/mol. The number of alkyl halides is 2. The Balaban J connectivity index is 2.70. The Morgan fingerprint density at radius 2 is 2.04 bits per heavy atom. The molecule has 0 spiro atoms. The largest absolute Gasteiger partial charge is 0.493 e. The summed E-state index contributed by atoms with van der Waals surface area (Å²) in [4.78, 5) is 23.2. The molecule has 0 aliphatic carbocycles. The van der Waals surface area contributed by atoms with Gasteiger partial charge in [-0.3, -0.25) is 9.59 Å². The van der Waals surface area contributed by atoms with Crippen LogP contribution in [0.4, 0.5) is 8.78 Å². The van der Waals surface area contributed by atoms with Crippen LogP contribution in [-0.2, 0) is 9.53 Å². The number of methoxy groups -OCH3 is 1. The maximum atomic E-state index is 12.2. The minimum Gasteiger partial charge on any atom is -0.493 e. The molecule has 7 nitrogen and oxygen atoms in total. The fraction of sp³-hybridized carbons (Fsp3) is 0.357. The molecule has 0 aliphatic rings. The van der Waals surface area contributed by atoms with Crippen LogP contribution in [-0.4, -0.2) is 38.2 Å². The number of amides is 1. The molecule has 1 aromatic rings. The molecule has 23 heavy (non-hydrogen) atoms. The van der Waals surface area contributed by atoms with E-state index >= 15 is 0 Å². The fourth-order valence-corrected chi connectivity index (χ4v) is 1.52. The van der Waals surface area contributed by atoms with Crippen molar-refractivity contribution in [3.8, 4) is 17.6 Å². The monoisotopic (exact) mass is 328 g/mol. The van der Waals surface area contributed by atoms with Crippen molar-refractivity contribution >= 4 is 11.9 Å². The Bertz CT molecular complexity index is 616. The third-order valence-corrected chi connectivity index (χ3v) is 2.53. The summed E-state index contributed by atoms with van der Waals surface area (Å²) in [6.07, 6.45) is -0.926.